The van der Waals surface area contributed by atoms with Gasteiger partial charge in [0.1, 0.15) is 17.5 Å². The van der Waals surface area contributed by atoms with Crippen molar-refractivity contribution in [2.24, 2.45) is 0 Å². The number of benzene rings is 1. The molecule has 1 aliphatic rings. The molecule has 1 amide bonds. The summed E-state index contributed by atoms with van der Waals surface area (Å²) in [7, 11) is 0. The zero-order valence-electron chi connectivity index (χ0n) is 15.2. The van der Waals surface area contributed by atoms with Gasteiger partial charge in [-0.25, -0.2) is 14.6 Å². The largest absolute Gasteiger partial charge is 0.383 e. The van der Waals surface area contributed by atoms with Crippen LogP contribution in [0.2, 0.25) is 0 Å². The van der Waals surface area contributed by atoms with Crippen LogP contribution in [0.1, 0.15) is 43.9 Å². The van der Waals surface area contributed by atoms with E-state index >= 15 is 0 Å². The normalized spacial score (nSPS) is 15.4. The Balaban J connectivity index is 1.71. The lowest BCUT2D eigenvalue weighted by Crippen LogP contribution is -2.28. The predicted molar refractivity (Wildman–Crippen MR) is 101 cm³/mol. The van der Waals surface area contributed by atoms with Gasteiger partial charge in [-0.05, 0) is 39.2 Å². The molecule has 0 spiro atoms. The van der Waals surface area contributed by atoms with Gasteiger partial charge in [-0.1, -0.05) is 29.8 Å². The average Bonchev–Trinajstić information content (AvgIpc) is 3.33. The molecule has 1 aromatic carbocycles. The fourth-order valence-corrected chi connectivity index (χ4v) is 3.31. The molecule has 0 saturated heterocycles. The van der Waals surface area contributed by atoms with Crippen molar-refractivity contribution in [2.45, 2.75) is 45.1 Å². The van der Waals surface area contributed by atoms with Crippen LogP contribution in [-0.4, -0.2) is 25.7 Å². The Morgan fingerprint density at radius 2 is 1.92 bits per heavy atom. The van der Waals surface area contributed by atoms with Crippen molar-refractivity contribution in [1.82, 2.24) is 19.7 Å². The number of nitrogens with zero attached hydrogens (tertiary/aromatic N) is 4. The maximum absolute atomic E-state index is 13.1. The average molecular weight is 350 g/mol. The van der Waals surface area contributed by atoms with Crippen LogP contribution in [0, 0.1) is 6.92 Å². The zero-order chi connectivity index (χ0) is 18.5. The first-order chi connectivity index (χ1) is 12.4. The zero-order valence-corrected chi connectivity index (χ0v) is 15.2. The summed E-state index contributed by atoms with van der Waals surface area (Å²) >= 11 is 0. The van der Waals surface area contributed by atoms with Crippen molar-refractivity contribution in [3.63, 3.8) is 0 Å². The van der Waals surface area contributed by atoms with Crippen molar-refractivity contribution >= 4 is 28.6 Å². The van der Waals surface area contributed by atoms with Crippen LogP contribution in [0.3, 0.4) is 0 Å². The Kier molecular flexibility index (Phi) is 3.68. The monoisotopic (exact) mass is 350 g/mol. The van der Waals surface area contributed by atoms with Gasteiger partial charge >= 0.3 is 0 Å². The fourth-order valence-electron chi connectivity index (χ4n) is 3.31. The number of hydrogen-bond acceptors (Lipinski definition) is 5. The first-order valence-electron chi connectivity index (χ1n) is 8.79. The molecule has 0 aliphatic heterocycles. The first kappa shape index (κ1) is 16.5. The number of aryl methyl sites for hydroxylation is 1. The van der Waals surface area contributed by atoms with E-state index in [0.29, 0.717) is 22.7 Å². The number of carbonyl (C=O) groups excluding carboxylic acids is 1. The second-order valence-corrected chi connectivity index (χ2v) is 7.25. The second-order valence-electron chi connectivity index (χ2n) is 7.25. The molecule has 0 bridgehead atoms. The topological polar surface area (TPSA) is 98.7 Å². The van der Waals surface area contributed by atoms with Gasteiger partial charge < -0.3 is 11.1 Å². The van der Waals surface area contributed by atoms with Crippen LogP contribution in [0.5, 0.6) is 0 Å². The van der Waals surface area contributed by atoms with Gasteiger partial charge in [0.2, 0.25) is 5.91 Å². The number of nitrogens with two attached hydrogens (primary N) is 1. The number of rotatable bonds is 4. The lowest BCUT2D eigenvalue weighted by Gasteiger charge is -2.15. The van der Waals surface area contributed by atoms with Crippen LogP contribution in [-0.2, 0) is 10.2 Å². The van der Waals surface area contributed by atoms with Crippen LogP contribution < -0.4 is 11.1 Å². The van der Waals surface area contributed by atoms with E-state index in [1.165, 1.54) is 11.9 Å². The van der Waals surface area contributed by atoms with E-state index in [2.05, 4.69) is 20.4 Å². The lowest BCUT2D eigenvalue weighted by molar-refractivity contribution is -0.118. The highest BCUT2D eigenvalue weighted by molar-refractivity contribution is 6.07. The molecule has 1 fully saturated rings. The third-order valence-corrected chi connectivity index (χ3v) is 5.03. The van der Waals surface area contributed by atoms with Gasteiger partial charge in [0.15, 0.2) is 11.5 Å². The first-order valence-corrected chi connectivity index (χ1v) is 8.79. The van der Waals surface area contributed by atoms with Crippen molar-refractivity contribution in [3.8, 4) is 0 Å². The number of fused-ring (bicyclic) bond motifs is 1. The SMILES string of the molecule is Cc1ccc(C2(C(=O)Nc3nn(C(C)C)c4ncnc(N)c34)CC2)cc1. The third kappa shape index (κ3) is 2.51. The molecule has 0 radical (unpaired) electrons. The summed E-state index contributed by atoms with van der Waals surface area (Å²) in [5.41, 5.74) is 8.41. The molecule has 26 heavy (non-hydrogen) atoms. The minimum absolute atomic E-state index is 0.0556. The van der Waals surface area contributed by atoms with Crippen LogP contribution in [0.15, 0.2) is 30.6 Å². The molecule has 1 aliphatic carbocycles. The smallest absolute Gasteiger partial charge is 0.236 e. The van der Waals surface area contributed by atoms with E-state index < -0.39 is 5.41 Å². The summed E-state index contributed by atoms with van der Waals surface area (Å²) in [6, 6.07) is 8.23. The highest BCUT2D eigenvalue weighted by Gasteiger charge is 2.51. The molecule has 3 aromatic rings. The molecule has 2 heterocycles. The summed E-state index contributed by atoms with van der Waals surface area (Å²) in [4.78, 5) is 21.4. The Morgan fingerprint density at radius 1 is 1.23 bits per heavy atom. The van der Waals surface area contributed by atoms with Gasteiger partial charge in [-0.15, -0.1) is 0 Å². The van der Waals surface area contributed by atoms with E-state index in [4.69, 9.17) is 5.73 Å². The maximum Gasteiger partial charge on any atom is 0.236 e. The third-order valence-electron chi connectivity index (χ3n) is 5.03. The highest BCUT2D eigenvalue weighted by Crippen LogP contribution is 2.49. The summed E-state index contributed by atoms with van der Waals surface area (Å²) in [6.45, 7) is 6.05. The van der Waals surface area contributed by atoms with E-state index in [-0.39, 0.29) is 11.9 Å². The molecule has 2 aromatic heterocycles. The van der Waals surface area contributed by atoms with Gasteiger partial charge in [-0.2, -0.15) is 5.10 Å². The van der Waals surface area contributed by atoms with Crippen molar-refractivity contribution in [1.29, 1.82) is 0 Å². The van der Waals surface area contributed by atoms with Crippen molar-refractivity contribution < 1.29 is 4.79 Å². The molecule has 7 nitrogen and oxygen atoms in total. The number of anilines is 2. The standard InChI is InChI=1S/C19H22N6O/c1-11(2)25-17-14(15(20)21-10-22-17)16(24-25)23-18(26)19(8-9-19)13-6-4-12(3)5-7-13/h4-7,10-11H,8-9H2,1-3H3,(H2,20,21,22)(H,23,24,26). The molecular weight excluding hydrogens is 328 g/mol. The van der Waals surface area contributed by atoms with Crippen LogP contribution in [0.4, 0.5) is 11.6 Å². The predicted octanol–water partition coefficient (Wildman–Crippen LogP) is 2.97. The van der Waals surface area contributed by atoms with Gasteiger partial charge in [0.05, 0.1) is 5.41 Å². The summed E-state index contributed by atoms with van der Waals surface area (Å²) in [6.07, 6.45) is 3.08. The molecular formula is C19H22N6O. The minimum atomic E-state index is -0.480. The Bertz CT molecular complexity index is 985. The van der Waals surface area contributed by atoms with Crippen molar-refractivity contribution in [3.05, 3.63) is 41.7 Å². The van der Waals surface area contributed by atoms with Gasteiger partial charge in [0.25, 0.3) is 0 Å². The quantitative estimate of drug-likeness (QED) is 0.754. The van der Waals surface area contributed by atoms with Crippen LogP contribution in [0.25, 0.3) is 11.0 Å². The van der Waals surface area contributed by atoms with E-state index in [0.717, 1.165) is 18.4 Å². The molecule has 3 N–H and O–H groups in total. The number of aromatic nitrogens is 4. The molecule has 1 saturated carbocycles. The number of amides is 1. The summed E-state index contributed by atoms with van der Waals surface area (Å²) < 4.78 is 1.76. The Labute approximate surface area is 151 Å². The summed E-state index contributed by atoms with van der Waals surface area (Å²) in [5.74, 6) is 0.687. The Hall–Kier alpha value is -2.96. The van der Waals surface area contributed by atoms with Gasteiger partial charge in [0, 0.05) is 6.04 Å². The summed E-state index contributed by atoms with van der Waals surface area (Å²) in [5, 5.41) is 8.12. The van der Waals surface area contributed by atoms with E-state index in [1.54, 1.807) is 4.68 Å². The second kappa shape index (κ2) is 5.79. The number of nitrogen functional groups attached to an aromatic ring is 1. The van der Waals surface area contributed by atoms with Crippen LogP contribution >= 0.6 is 0 Å². The number of carbonyl (C=O) groups is 1. The fraction of sp³-hybridized carbons (Fsp3) is 0.368. The maximum atomic E-state index is 13.1. The lowest BCUT2D eigenvalue weighted by atomic mass is 9.94. The molecule has 4 rings (SSSR count). The molecule has 7 heteroatoms. The molecule has 0 unspecified atom stereocenters. The van der Waals surface area contributed by atoms with E-state index in [9.17, 15) is 4.79 Å². The van der Waals surface area contributed by atoms with Gasteiger partial charge in [-0.3, -0.25) is 4.79 Å². The Morgan fingerprint density at radius 3 is 2.54 bits per heavy atom. The number of nitrogens with one attached hydrogen (secondary N) is 1. The van der Waals surface area contributed by atoms with E-state index in [1.807, 2.05) is 45.0 Å². The minimum Gasteiger partial charge on any atom is -0.383 e. The molecule has 134 valence electrons. The highest BCUT2D eigenvalue weighted by atomic mass is 16.2. The van der Waals surface area contributed by atoms with Crippen molar-refractivity contribution in [2.75, 3.05) is 11.1 Å². The molecule has 0 atom stereocenters. The number of hydrogen-bond donors (Lipinski definition) is 2.